The monoisotopic (exact) mass is 848 g/mol. The molecule has 0 fully saturated rings. The molecule has 4 heterocycles. The predicted octanol–water partition coefficient (Wildman–Crippen LogP) is 4.80. The maximum absolute atomic E-state index is 13.0. The number of aromatic amines is 2. The van der Waals surface area contributed by atoms with Gasteiger partial charge in [0, 0.05) is 98.6 Å². The summed E-state index contributed by atoms with van der Waals surface area (Å²) in [7, 11) is 0. The van der Waals surface area contributed by atoms with Crippen molar-refractivity contribution in [3.8, 4) is 0 Å². The first-order valence-corrected chi connectivity index (χ1v) is 21.5. The smallest absolute Gasteiger partial charge is 0.335 e. The number of benzene rings is 2. The summed E-state index contributed by atoms with van der Waals surface area (Å²) in [6.45, 7) is 22.3. The minimum absolute atomic E-state index is 0.0863. The number of rotatable bonds is 13. The van der Waals surface area contributed by atoms with Crippen molar-refractivity contribution in [1.29, 1.82) is 0 Å². The van der Waals surface area contributed by atoms with Gasteiger partial charge in [-0.05, 0) is 86.1 Å². The van der Waals surface area contributed by atoms with Crippen LogP contribution in [0.15, 0.2) is 86.3 Å². The summed E-state index contributed by atoms with van der Waals surface area (Å²) in [5.74, 6) is -3.23. The van der Waals surface area contributed by atoms with Crippen LogP contribution in [0, 0.1) is 11.8 Å². The molecule has 14 heteroatoms. The molecule has 0 bridgehead atoms. The lowest BCUT2D eigenvalue weighted by Crippen LogP contribution is -2.49. The largest absolute Gasteiger partial charge is 0.479 e. The normalized spacial score (nSPS) is 21.0. The summed E-state index contributed by atoms with van der Waals surface area (Å²) in [4.78, 5) is 61.2. The highest BCUT2D eigenvalue weighted by Gasteiger charge is 2.39. The lowest BCUT2D eigenvalue weighted by molar-refractivity contribution is -0.165. The van der Waals surface area contributed by atoms with E-state index in [1.165, 1.54) is 55.2 Å². The Labute approximate surface area is 362 Å². The maximum Gasteiger partial charge on any atom is 0.335 e. The van der Waals surface area contributed by atoms with Crippen molar-refractivity contribution in [2.75, 3.05) is 52.4 Å². The second kappa shape index (κ2) is 19.9. The van der Waals surface area contributed by atoms with E-state index in [9.17, 15) is 19.2 Å². The van der Waals surface area contributed by atoms with Crippen molar-refractivity contribution < 1.29 is 39.6 Å². The van der Waals surface area contributed by atoms with Gasteiger partial charge in [-0.15, -0.1) is 13.2 Å². The van der Waals surface area contributed by atoms with Gasteiger partial charge in [0.2, 0.25) is 11.8 Å². The number of hydrogen-bond acceptors (Lipinski definition) is 8. The van der Waals surface area contributed by atoms with Gasteiger partial charge in [0.05, 0.1) is 11.8 Å². The average Bonchev–Trinajstić information content (AvgIpc) is 3.90. The first-order valence-electron chi connectivity index (χ1n) is 21.5. The molecule has 0 unspecified atom stereocenters. The number of fused-ring (bicyclic) bond motifs is 4. The second-order valence-corrected chi connectivity index (χ2v) is 16.1. The third kappa shape index (κ3) is 9.05. The fourth-order valence-corrected chi connectivity index (χ4v) is 9.51. The summed E-state index contributed by atoms with van der Waals surface area (Å²) >= 11 is 0. The van der Waals surface area contributed by atoms with Gasteiger partial charge in [-0.25, -0.2) is 9.59 Å². The SMILES string of the molecule is C=CCN1C[C@H](C(=O)N(CC)CC)C=C2c3cccc4[nH]cc(c34)C[C@H]21.C=CCN1C[C@H](C(=O)N(CC)CC)C=C2c3cccc4[nH]cc(c34)C[C@H]21.O=C(O)[C@H](O)[C@@H](O)C(=O)O. The number of nitrogens with zero attached hydrogens (tertiary/aromatic N) is 4. The van der Waals surface area contributed by atoms with E-state index in [2.05, 4.69) is 122 Å². The van der Waals surface area contributed by atoms with Crippen LogP contribution < -0.4 is 0 Å². The fourth-order valence-electron chi connectivity index (χ4n) is 9.51. The fraction of sp³-hybridized carbons (Fsp3) is 0.417. The van der Waals surface area contributed by atoms with Crippen LogP contribution in [0.25, 0.3) is 33.0 Å². The number of carbonyl (C=O) groups is 4. The van der Waals surface area contributed by atoms with Crippen LogP contribution in [0.1, 0.15) is 49.9 Å². The molecule has 0 saturated carbocycles. The second-order valence-electron chi connectivity index (χ2n) is 16.1. The number of H-pyrrole nitrogens is 2. The van der Waals surface area contributed by atoms with E-state index in [0.29, 0.717) is 12.1 Å². The molecule has 6 atom stereocenters. The number of carboxylic acids is 2. The summed E-state index contributed by atoms with van der Waals surface area (Å²) in [6, 6.07) is 13.5. The Morgan fingerprint density at radius 3 is 1.37 bits per heavy atom. The summed E-state index contributed by atoms with van der Waals surface area (Å²) in [5, 5.41) is 35.2. The molecule has 2 aromatic heterocycles. The molecular formula is C48H60N6O8. The van der Waals surface area contributed by atoms with Crippen molar-refractivity contribution in [1.82, 2.24) is 29.6 Å². The quantitative estimate of drug-likeness (QED) is 0.102. The first kappa shape index (κ1) is 45.7. The van der Waals surface area contributed by atoms with Crippen LogP contribution in [-0.2, 0) is 32.0 Å². The minimum Gasteiger partial charge on any atom is -0.479 e. The van der Waals surface area contributed by atoms with Crippen molar-refractivity contribution in [3.05, 3.63) is 109 Å². The Kier molecular flexibility index (Phi) is 14.7. The molecule has 0 radical (unpaired) electrons. The molecule has 2 aliphatic carbocycles. The van der Waals surface area contributed by atoms with E-state index in [4.69, 9.17) is 20.4 Å². The zero-order valence-corrected chi connectivity index (χ0v) is 36.1. The molecule has 2 aromatic carbocycles. The molecule has 2 amide bonds. The molecular weight excluding hydrogens is 789 g/mol. The van der Waals surface area contributed by atoms with E-state index in [1.807, 2.05) is 22.0 Å². The van der Waals surface area contributed by atoms with Crippen molar-refractivity contribution >= 4 is 56.7 Å². The number of nitrogens with one attached hydrogen (secondary N) is 2. The van der Waals surface area contributed by atoms with Gasteiger partial charge in [-0.3, -0.25) is 19.4 Å². The topological polar surface area (TPSA) is 194 Å². The van der Waals surface area contributed by atoms with Gasteiger partial charge in [0.25, 0.3) is 0 Å². The highest BCUT2D eigenvalue weighted by molar-refractivity contribution is 6.00. The summed E-state index contributed by atoms with van der Waals surface area (Å²) < 4.78 is 0. The molecule has 330 valence electrons. The number of hydrogen-bond donors (Lipinski definition) is 6. The minimum atomic E-state index is -2.27. The highest BCUT2D eigenvalue weighted by Crippen LogP contribution is 2.43. The van der Waals surface area contributed by atoms with E-state index >= 15 is 0 Å². The Balaban J connectivity index is 0.000000171. The molecule has 0 saturated heterocycles. The Morgan fingerprint density at radius 1 is 0.677 bits per heavy atom. The van der Waals surface area contributed by atoms with Crippen LogP contribution in [0.4, 0.5) is 0 Å². The molecule has 62 heavy (non-hydrogen) atoms. The van der Waals surface area contributed by atoms with Gasteiger partial charge in [0.1, 0.15) is 0 Å². The lowest BCUT2D eigenvalue weighted by Gasteiger charge is -2.42. The maximum atomic E-state index is 13.0. The molecule has 6 N–H and O–H groups in total. The number of aromatic nitrogens is 2. The molecule has 14 nitrogen and oxygen atoms in total. The number of aliphatic hydroxyl groups excluding tert-OH is 2. The van der Waals surface area contributed by atoms with Crippen LogP contribution >= 0.6 is 0 Å². The summed E-state index contributed by atoms with van der Waals surface area (Å²) in [6.07, 6.45) is 10.1. The highest BCUT2D eigenvalue weighted by atomic mass is 16.4. The predicted molar refractivity (Wildman–Crippen MR) is 241 cm³/mol. The number of aliphatic hydroxyl groups is 2. The van der Waals surface area contributed by atoms with Crippen LogP contribution in [0.5, 0.6) is 0 Å². The van der Waals surface area contributed by atoms with Crippen molar-refractivity contribution in [2.45, 2.75) is 64.8 Å². The van der Waals surface area contributed by atoms with Gasteiger partial charge in [0.15, 0.2) is 12.2 Å². The summed E-state index contributed by atoms with van der Waals surface area (Å²) in [5.41, 5.74) is 10.3. The third-order valence-corrected chi connectivity index (χ3v) is 12.6. The zero-order chi connectivity index (χ0) is 44.8. The van der Waals surface area contributed by atoms with E-state index in [-0.39, 0.29) is 23.7 Å². The third-order valence-electron chi connectivity index (χ3n) is 12.6. The molecule has 4 aromatic rings. The van der Waals surface area contributed by atoms with Gasteiger partial charge < -0.3 is 40.2 Å². The molecule has 2 aliphatic heterocycles. The van der Waals surface area contributed by atoms with Crippen LogP contribution in [-0.4, -0.2) is 150 Å². The molecule has 0 spiro atoms. The Hall–Kier alpha value is -5.80. The number of carbonyl (C=O) groups excluding carboxylic acids is 2. The van der Waals surface area contributed by atoms with Crippen molar-refractivity contribution in [3.63, 3.8) is 0 Å². The number of carboxylic acid groups (broad SMARTS) is 2. The zero-order valence-electron chi connectivity index (χ0n) is 36.1. The van der Waals surface area contributed by atoms with E-state index < -0.39 is 24.1 Å². The lowest BCUT2D eigenvalue weighted by atomic mass is 9.79. The van der Waals surface area contributed by atoms with Gasteiger partial charge in [-0.2, -0.15) is 0 Å². The molecule has 8 rings (SSSR count). The van der Waals surface area contributed by atoms with Crippen molar-refractivity contribution in [2.24, 2.45) is 11.8 Å². The van der Waals surface area contributed by atoms with Gasteiger partial charge in [-0.1, -0.05) is 48.6 Å². The number of aliphatic carboxylic acids is 2. The Bertz CT molecular complexity index is 2210. The standard InChI is InChI=1S/2C22H27N3O.C4H6O6/c2*1-4-10-25-14-16(22(26)24(5-2)6-3)11-18-17-8-7-9-19-21(17)15(13-23-19)12-20(18)25;5-1(3(7)8)2(6)4(9)10/h2*4,7-9,11,13,16,20,23H,1,5-6,10,12,14H2,2-3H3;1-2,5-6H,(H,7,8)(H,9,10)/t2*16-,20-;1-,2-/m111/s1. The number of amides is 2. The Morgan fingerprint density at radius 2 is 1.05 bits per heavy atom. The molecule has 4 aliphatic rings. The first-order chi connectivity index (χ1) is 29.8. The van der Waals surface area contributed by atoms with E-state index in [1.54, 1.807) is 0 Å². The van der Waals surface area contributed by atoms with E-state index in [0.717, 1.165) is 65.2 Å². The van der Waals surface area contributed by atoms with Crippen LogP contribution in [0.2, 0.25) is 0 Å². The van der Waals surface area contributed by atoms with Crippen LogP contribution in [0.3, 0.4) is 0 Å². The average molecular weight is 849 g/mol. The van der Waals surface area contributed by atoms with Gasteiger partial charge >= 0.3 is 11.9 Å².